The highest BCUT2D eigenvalue weighted by molar-refractivity contribution is 5.84. The van der Waals surface area contributed by atoms with E-state index in [9.17, 15) is 4.39 Å². The summed E-state index contributed by atoms with van der Waals surface area (Å²) in [7, 11) is 0. The van der Waals surface area contributed by atoms with Crippen molar-refractivity contribution in [1.29, 1.82) is 0 Å². The second-order valence-corrected chi connectivity index (χ2v) is 5.00. The molecule has 0 spiro atoms. The van der Waals surface area contributed by atoms with E-state index in [1.807, 2.05) is 6.20 Å². The molecule has 0 saturated heterocycles. The fraction of sp³-hybridized carbons (Fsp3) is 0.429. The molecule has 0 atom stereocenters. The maximum Gasteiger partial charge on any atom is 0.147 e. The monoisotopic (exact) mass is 232 g/mol. The molecule has 17 heavy (non-hydrogen) atoms. The van der Waals surface area contributed by atoms with Gasteiger partial charge in [-0.1, -0.05) is 0 Å². The molecular weight excluding hydrogens is 215 g/mol. The highest BCUT2D eigenvalue weighted by Crippen LogP contribution is 2.34. The number of rotatable bonds is 4. The molecule has 3 rings (SSSR count). The average Bonchev–Trinajstić information content (AvgIpc) is 3.01. The Kier molecular flexibility index (Phi) is 2.63. The number of aromatic nitrogens is 1. The first kappa shape index (κ1) is 10.8. The zero-order valence-electron chi connectivity index (χ0n) is 9.80. The van der Waals surface area contributed by atoms with E-state index < -0.39 is 0 Å². The summed E-state index contributed by atoms with van der Waals surface area (Å²) in [6.45, 7) is 0.599. The average molecular weight is 232 g/mol. The van der Waals surface area contributed by atoms with Crippen LogP contribution in [-0.2, 0) is 12.8 Å². The van der Waals surface area contributed by atoms with Crippen LogP contribution >= 0.6 is 0 Å². The Hall–Kier alpha value is -1.35. The Morgan fingerprint density at radius 1 is 1.35 bits per heavy atom. The van der Waals surface area contributed by atoms with Gasteiger partial charge < -0.3 is 10.7 Å². The minimum Gasteiger partial charge on any atom is -0.359 e. The minimum absolute atomic E-state index is 0.138. The van der Waals surface area contributed by atoms with Gasteiger partial charge in [-0.15, -0.1) is 0 Å². The van der Waals surface area contributed by atoms with E-state index in [0.717, 1.165) is 35.3 Å². The van der Waals surface area contributed by atoms with Gasteiger partial charge >= 0.3 is 0 Å². The fourth-order valence-corrected chi connectivity index (χ4v) is 2.44. The van der Waals surface area contributed by atoms with Crippen molar-refractivity contribution in [2.45, 2.75) is 25.7 Å². The third-order valence-electron chi connectivity index (χ3n) is 3.52. The van der Waals surface area contributed by atoms with Crippen molar-refractivity contribution >= 4 is 10.9 Å². The lowest BCUT2D eigenvalue weighted by molar-refractivity contribution is 0.633. The maximum atomic E-state index is 13.9. The summed E-state index contributed by atoms with van der Waals surface area (Å²) < 4.78 is 13.9. The number of benzene rings is 1. The third-order valence-corrected chi connectivity index (χ3v) is 3.52. The molecule has 1 aromatic heterocycles. The van der Waals surface area contributed by atoms with Crippen molar-refractivity contribution in [2.24, 2.45) is 11.7 Å². The highest BCUT2D eigenvalue weighted by Gasteiger charge is 2.22. The number of aromatic amines is 1. The molecule has 2 nitrogen and oxygen atoms in total. The number of hydrogen-bond acceptors (Lipinski definition) is 1. The normalized spacial score (nSPS) is 15.6. The molecule has 0 amide bonds. The lowest BCUT2D eigenvalue weighted by atomic mass is 10.0. The number of nitrogens with one attached hydrogen (secondary N) is 1. The topological polar surface area (TPSA) is 41.8 Å². The van der Waals surface area contributed by atoms with Gasteiger partial charge in [0.1, 0.15) is 5.82 Å². The Bertz CT molecular complexity index is 540. The number of H-pyrrole nitrogens is 1. The molecule has 0 unspecified atom stereocenters. The number of nitrogens with two attached hydrogens (primary N) is 1. The first-order chi connectivity index (χ1) is 8.28. The van der Waals surface area contributed by atoms with Crippen LogP contribution in [0.5, 0.6) is 0 Å². The first-order valence-electron chi connectivity index (χ1n) is 6.26. The van der Waals surface area contributed by atoms with Crippen molar-refractivity contribution < 1.29 is 4.39 Å². The lowest BCUT2D eigenvalue weighted by Crippen LogP contribution is -2.02. The molecule has 1 aromatic carbocycles. The summed E-state index contributed by atoms with van der Waals surface area (Å²) in [5.41, 5.74) is 8.43. The molecule has 0 radical (unpaired) electrons. The molecule has 2 aromatic rings. The first-order valence-corrected chi connectivity index (χ1v) is 6.26. The molecule has 1 fully saturated rings. The van der Waals surface area contributed by atoms with Crippen molar-refractivity contribution in [3.05, 3.63) is 35.3 Å². The van der Waals surface area contributed by atoms with E-state index in [1.165, 1.54) is 12.8 Å². The molecule has 3 heteroatoms. The summed E-state index contributed by atoms with van der Waals surface area (Å²) in [6.07, 6.45) is 6.28. The van der Waals surface area contributed by atoms with E-state index in [0.29, 0.717) is 12.1 Å². The zero-order valence-corrected chi connectivity index (χ0v) is 9.80. The summed E-state index contributed by atoms with van der Waals surface area (Å²) in [6, 6.07) is 3.79. The molecule has 0 bridgehead atoms. The van der Waals surface area contributed by atoms with Gasteiger partial charge in [-0.25, -0.2) is 4.39 Å². The van der Waals surface area contributed by atoms with Crippen LogP contribution in [-0.4, -0.2) is 11.5 Å². The van der Waals surface area contributed by atoms with Crippen LogP contribution in [0.3, 0.4) is 0 Å². The van der Waals surface area contributed by atoms with Gasteiger partial charge in [-0.3, -0.25) is 0 Å². The predicted octanol–water partition coefficient (Wildman–Crippen LogP) is 2.76. The Balaban J connectivity index is 2.03. The maximum absolute atomic E-state index is 13.9. The summed E-state index contributed by atoms with van der Waals surface area (Å²) >= 11 is 0. The van der Waals surface area contributed by atoms with Gasteiger partial charge in [0.15, 0.2) is 0 Å². The van der Waals surface area contributed by atoms with Gasteiger partial charge in [0.2, 0.25) is 0 Å². The number of halogens is 1. The molecule has 1 aliphatic rings. The van der Waals surface area contributed by atoms with Crippen molar-refractivity contribution in [3.63, 3.8) is 0 Å². The van der Waals surface area contributed by atoms with Crippen LogP contribution < -0.4 is 5.73 Å². The smallest absolute Gasteiger partial charge is 0.147 e. The molecule has 0 aliphatic heterocycles. The van der Waals surface area contributed by atoms with E-state index in [4.69, 9.17) is 5.73 Å². The van der Waals surface area contributed by atoms with Crippen LogP contribution in [0.15, 0.2) is 18.3 Å². The van der Waals surface area contributed by atoms with Crippen molar-refractivity contribution in [3.8, 4) is 0 Å². The zero-order chi connectivity index (χ0) is 11.8. The highest BCUT2D eigenvalue weighted by atomic mass is 19.1. The Labute approximate surface area is 100 Å². The summed E-state index contributed by atoms with van der Waals surface area (Å²) in [5, 5.41) is 1.01. The van der Waals surface area contributed by atoms with Crippen LogP contribution in [0.4, 0.5) is 4.39 Å². The van der Waals surface area contributed by atoms with Gasteiger partial charge in [-0.05, 0) is 61.4 Å². The second kappa shape index (κ2) is 4.15. The van der Waals surface area contributed by atoms with Gasteiger partial charge in [0, 0.05) is 11.6 Å². The SMILES string of the molecule is NCCc1c[nH]c2c(F)cc(CC3CC3)cc12. The third kappa shape index (κ3) is 2.07. The molecular formula is C14H17FN2. The number of hydrogen-bond donors (Lipinski definition) is 2. The lowest BCUT2D eigenvalue weighted by Gasteiger charge is -2.03. The molecule has 90 valence electrons. The Morgan fingerprint density at radius 3 is 2.88 bits per heavy atom. The van der Waals surface area contributed by atoms with Crippen LogP contribution in [0, 0.1) is 11.7 Å². The van der Waals surface area contributed by atoms with Crippen LogP contribution in [0.2, 0.25) is 0 Å². The molecule has 1 saturated carbocycles. The van der Waals surface area contributed by atoms with Crippen LogP contribution in [0.1, 0.15) is 24.0 Å². The minimum atomic E-state index is -0.138. The van der Waals surface area contributed by atoms with Crippen molar-refractivity contribution in [1.82, 2.24) is 4.98 Å². The Morgan fingerprint density at radius 2 is 2.18 bits per heavy atom. The van der Waals surface area contributed by atoms with E-state index >= 15 is 0 Å². The van der Waals surface area contributed by atoms with E-state index in [-0.39, 0.29) is 5.82 Å². The van der Waals surface area contributed by atoms with E-state index in [2.05, 4.69) is 11.1 Å². The van der Waals surface area contributed by atoms with Gasteiger partial charge in [0.25, 0.3) is 0 Å². The molecule has 1 aliphatic carbocycles. The standard InChI is InChI=1S/C14H17FN2/c15-13-7-10(5-9-1-2-9)6-12-11(3-4-16)8-17-14(12)13/h6-9,17H,1-5,16H2. The fourth-order valence-electron chi connectivity index (χ4n) is 2.44. The van der Waals surface area contributed by atoms with Gasteiger partial charge in [0.05, 0.1) is 5.52 Å². The van der Waals surface area contributed by atoms with Gasteiger partial charge in [-0.2, -0.15) is 0 Å². The number of fused-ring (bicyclic) bond motifs is 1. The van der Waals surface area contributed by atoms with Crippen LogP contribution in [0.25, 0.3) is 10.9 Å². The predicted molar refractivity (Wildman–Crippen MR) is 67.4 cm³/mol. The molecule has 3 N–H and O–H groups in total. The summed E-state index contributed by atoms with van der Waals surface area (Å²) in [4.78, 5) is 3.01. The van der Waals surface area contributed by atoms with E-state index in [1.54, 1.807) is 6.07 Å². The second-order valence-electron chi connectivity index (χ2n) is 5.00. The quantitative estimate of drug-likeness (QED) is 0.836. The van der Waals surface area contributed by atoms with Crippen molar-refractivity contribution in [2.75, 3.05) is 6.54 Å². The summed E-state index contributed by atoms with van der Waals surface area (Å²) in [5.74, 6) is 0.644. The largest absolute Gasteiger partial charge is 0.359 e. The molecule has 1 heterocycles.